The molecule has 1 aliphatic rings. The van der Waals surface area contributed by atoms with Crippen LogP contribution in [0.15, 0.2) is 42.5 Å². The largest absolute Gasteiger partial charge is 0.486 e. The zero-order valence-electron chi connectivity index (χ0n) is 12.6. The summed E-state index contributed by atoms with van der Waals surface area (Å²) in [5, 5.41) is 0. The highest BCUT2D eigenvalue weighted by Gasteiger charge is 2.25. The van der Waals surface area contributed by atoms with Crippen molar-refractivity contribution in [1.82, 2.24) is 0 Å². The predicted octanol–water partition coefficient (Wildman–Crippen LogP) is 3.24. The summed E-state index contributed by atoms with van der Waals surface area (Å²) in [4.78, 5) is 0. The van der Waals surface area contributed by atoms with Gasteiger partial charge in [0.15, 0.2) is 11.5 Å². The van der Waals surface area contributed by atoms with E-state index in [1.165, 1.54) is 5.56 Å². The average molecular weight is 283 g/mol. The van der Waals surface area contributed by atoms with Crippen LogP contribution in [0.4, 0.5) is 0 Å². The van der Waals surface area contributed by atoms with Crippen molar-refractivity contribution in [1.29, 1.82) is 0 Å². The van der Waals surface area contributed by atoms with Crippen molar-refractivity contribution < 1.29 is 9.47 Å². The number of benzene rings is 2. The molecule has 0 fully saturated rings. The molecule has 0 bridgehead atoms. The third-order valence-electron chi connectivity index (χ3n) is 4.10. The topological polar surface area (TPSA) is 44.5 Å². The molecule has 1 unspecified atom stereocenters. The molecule has 0 amide bonds. The second kappa shape index (κ2) is 5.41. The van der Waals surface area contributed by atoms with E-state index in [9.17, 15) is 0 Å². The molecule has 2 aromatic rings. The van der Waals surface area contributed by atoms with Gasteiger partial charge in [0.2, 0.25) is 0 Å². The minimum absolute atomic E-state index is 0.553. The average Bonchev–Trinajstić information content (AvgIpc) is 2.54. The number of aryl methyl sites for hydroxylation is 1. The molecule has 1 atom stereocenters. The normalized spacial score (nSPS) is 16.3. The maximum atomic E-state index is 6.59. The SMILES string of the molecule is CCc1ccc(C(C)(N)c2ccc3c(c2)OCCO3)cc1. The van der Waals surface area contributed by atoms with Crippen LogP contribution >= 0.6 is 0 Å². The highest BCUT2D eigenvalue weighted by atomic mass is 16.6. The summed E-state index contributed by atoms with van der Waals surface area (Å²) < 4.78 is 11.2. The van der Waals surface area contributed by atoms with Crippen LogP contribution in [0, 0.1) is 0 Å². The molecular weight excluding hydrogens is 262 g/mol. The molecule has 0 spiro atoms. The monoisotopic (exact) mass is 283 g/mol. The highest BCUT2D eigenvalue weighted by Crippen LogP contribution is 2.35. The first-order valence-electron chi connectivity index (χ1n) is 7.39. The van der Waals surface area contributed by atoms with Crippen LogP contribution in [0.3, 0.4) is 0 Å². The summed E-state index contributed by atoms with van der Waals surface area (Å²) in [6, 6.07) is 14.4. The lowest BCUT2D eigenvalue weighted by Crippen LogP contribution is -2.34. The first kappa shape index (κ1) is 14.0. The molecule has 2 aromatic carbocycles. The fourth-order valence-corrected chi connectivity index (χ4v) is 2.62. The van der Waals surface area contributed by atoms with Crippen molar-refractivity contribution in [3.8, 4) is 11.5 Å². The standard InChI is InChI=1S/C18H21NO2/c1-3-13-4-6-14(7-5-13)18(2,19)15-8-9-16-17(12-15)21-11-10-20-16/h4-9,12H,3,10-11,19H2,1-2H3. The molecule has 1 aliphatic heterocycles. The lowest BCUT2D eigenvalue weighted by Gasteiger charge is -2.28. The van der Waals surface area contributed by atoms with Gasteiger partial charge in [-0.25, -0.2) is 0 Å². The second-order valence-corrected chi connectivity index (χ2v) is 5.61. The minimum atomic E-state index is -0.553. The lowest BCUT2D eigenvalue weighted by molar-refractivity contribution is 0.171. The van der Waals surface area contributed by atoms with Gasteiger partial charge in [0, 0.05) is 0 Å². The Morgan fingerprint density at radius 2 is 1.57 bits per heavy atom. The van der Waals surface area contributed by atoms with Crippen LogP contribution in [0.25, 0.3) is 0 Å². The minimum Gasteiger partial charge on any atom is -0.486 e. The maximum absolute atomic E-state index is 6.59. The van der Waals surface area contributed by atoms with Crippen molar-refractivity contribution in [3.05, 3.63) is 59.2 Å². The zero-order chi connectivity index (χ0) is 14.9. The van der Waals surface area contributed by atoms with E-state index < -0.39 is 5.54 Å². The summed E-state index contributed by atoms with van der Waals surface area (Å²) in [7, 11) is 0. The Morgan fingerprint density at radius 1 is 0.952 bits per heavy atom. The van der Waals surface area contributed by atoms with Gasteiger partial charge in [-0.15, -0.1) is 0 Å². The molecule has 0 radical (unpaired) electrons. The summed E-state index contributed by atoms with van der Waals surface area (Å²) in [5.41, 5.74) is 9.47. The van der Waals surface area contributed by atoms with E-state index in [0.717, 1.165) is 29.0 Å². The molecule has 110 valence electrons. The highest BCUT2D eigenvalue weighted by molar-refractivity contribution is 5.48. The van der Waals surface area contributed by atoms with Crippen molar-refractivity contribution in [3.63, 3.8) is 0 Å². The van der Waals surface area contributed by atoms with Gasteiger partial charge in [-0.3, -0.25) is 0 Å². The van der Waals surface area contributed by atoms with Gasteiger partial charge >= 0.3 is 0 Å². The zero-order valence-corrected chi connectivity index (χ0v) is 12.6. The van der Waals surface area contributed by atoms with E-state index in [1.807, 2.05) is 25.1 Å². The maximum Gasteiger partial charge on any atom is 0.161 e. The fraction of sp³-hybridized carbons (Fsp3) is 0.333. The number of nitrogens with two attached hydrogens (primary N) is 1. The number of hydrogen-bond donors (Lipinski definition) is 1. The van der Waals surface area contributed by atoms with Crippen molar-refractivity contribution in [2.24, 2.45) is 5.73 Å². The van der Waals surface area contributed by atoms with E-state index in [1.54, 1.807) is 0 Å². The van der Waals surface area contributed by atoms with Crippen LogP contribution in [0.5, 0.6) is 11.5 Å². The van der Waals surface area contributed by atoms with E-state index in [4.69, 9.17) is 15.2 Å². The second-order valence-electron chi connectivity index (χ2n) is 5.61. The molecule has 1 heterocycles. The Morgan fingerprint density at radius 3 is 2.24 bits per heavy atom. The Kier molecular flexibility index (Phi) is 3.60. The predicted molar refractivity (Wildman–Crippen MR) is 83.9 cm³/mol. The number of rotatable bonds is 3. The summed E-state index contributed by atoms with van der Waals surface area (Å²) in [6.45, 7) is 5.37. The van der Waals surface area contributed by atoms with Gasteiger partial charge in [0.25, 0.3) is 0 Å². The molecule has 0 aromatic heterocycles. The molecule has 0 aliphatic carbocycles. The van der Waals surface area contributed by atoms with E-state index >= 15 is 0 Å². The fourth-order valence-electron chi connectivity index (χ4n) is 2.62. The van der Waals surface area contributed by atoms with Crippen LogP contribution in [0.2, 0.25) is 0 Å². The van der Waals surface area contributed by atoms with Crippen molar-refractivity contribution in [2.45, 2.75) is 25.8 Å². The summed E-state index contributed by atoms with van der Waals surface area (Å²) in [5.74, 6) is 1.57. The summed E-state index contributed by atoms with van der Waals surface area (Å²) >= 11 is 0. The molecule has 3 rings (SSSR count). The van der Waals surface area contributed by atoms with Crippen LogP contribution in [-0.2, 0) is 12.0 Å². The molecule has 0 saturated carbocycles. The third-order valence-corrected chi connectivity index (χ3v) is 4.10. The van der Waals surface area contributed by atoms with E-state index in [2.05, 4.69) is 31.2 Å². The Bertz CT molecular complexity index is 632. The number of ether oxygens (including phenoxy) is 2. The molecule has 21 heavy (non-hydrogen) atoms. The molecule has 3 heteroatoms. The van der Waals surface area contributed by atoms with Gasteiger partial charge < -0.3 is 15.2 Å². The van der Waals surface area contributed by atoms with Crippen LogP contribution in [-0.4, -0.2) is 13.2 Å². The van der Waals surface area contributed by atoms with E-state index in [-0.39, 0.29) is 0 Å². The van der Waals surface area contributed by atoms with Gasteiger partial charge in [-0.05, 0) is 42.2 Å². The van der Waals surface area contributed by atoms with Crippen molar-refractivity contribution in [2.75, 3.05) is 13.2 Å². The molecule has 2 N–H and O–H groups in total. The summed E-state index contributed by atoms with van der Waals surface area (Å²) in [6.07, 6.45) is 1.03. The number of fused-ring (bicyclic) bond motifs is 1. The third kappa shape index (κ3) is 2.61. The van der Waals surface area contributed by atoms with Crippen molar-refractivity contribution >= 4 is 0 Å². The quantitative estimate of drug-likeness (QED) is 0.940. The lowest BCUT2D eigenvalue weighted by atomic mass is 9.85. The van der Waals surface area contributed by atoms with Gasteiger partial charge in [-0.1, -0.05) is 37.3 Å². The molecule has 0 saturated heterocycles. The Hall–Kier alpha value is -2.00. The van der Waals surface area contributed by atoms with Crippen LogP contribution < -0.4 is 15.2 Å². The molecule has 3 nitrogen and oxygen atoms in total. The van der Waals surface area contributed by atoms with Gasteiger partial charge in [0.05, 0.1) is 5.54 Å². The van der Waals surface area contributed by atoms with Crippen LogP contribution in [0.1, 0.15) is 30.5 Å². The smallest absolute Gasteiger partial charge is 0.161 e. The first-order chi connectivity index (χ1) is 10.1. The number of hydrogen-bond acceptors (Lipinski definition) is 3. The Labute approximate surface area is 125 Å². The first-order valence-corrected chi connectivity index (χ1v) is 7.39. The van der Waals surface area contributed by atoms with Gasteiger partial charge in [0.1, 0.15) is 13.2 Å². The van der Waals surface area contributed by atoms with Gasteiger partial charge in [-0.2, -0.15) is 0 Å². The van der Waals surface area contributed by atoms with E-state index in [0.29, 0.717) is 13.2 Å². The molecular formula is C18H21NO2. The Balaban J connectivity index is 1.96.